The molecule has 0 bridgehead atoms. The summed E-state index contributed by atoms with van der Waals surface area (Å²) in [4.78, 5) is 51.4. The largest absolute Gasteiger partial charge is 0.490 e. The average molecular weight is 505 g/mol. The first-order valence-corrected chi connectivity index (χ1v) is 12.5. The SMILES string of the molecule is C#CC[C@]1(n2ccc(N)nc2=O)C[C@H](O)[C@@H](COP(=O)(O)OP(=O)(O)OP(=O)(O)O)O1. The van der Waals surface area contributed by atoms with Crippen molar-refractivity contribution < 1.29 is 56.3 Å². The number of aliphatic hydroxyl groups excluding tert-OH is 1. The van der Waals surface area contributed by atoms with Gasteiger partial charge < -0.3 is 35.2 Å². The minimum atomic E-state index is -5.70. The van der Waals surface area contributed by atoms with Crippen LogP contribution >= 0.6 is 23.5 Å². The van der Waals surface area contributed by atoms with Crippen molar-refractivity contribution in [2.75, 3.05) is 12.3 Å². The molecule has 31 heavy (non-hydrogen) atoms. The van der Waals surface area contributed by atoms with Crippen LogP contribution in [0.5, 0.6) is 0 Å². The van der Waals surface area contributed by atoms with Crippen LogP contribution in [-0.2, 0) is 37.3 Å². The number of rotatable bonds is 9. The van der Waals surface area contributed by atoms with Crippen LogP contribution in [0.3, 0.4) is 0 Å². The molecule has 1 aliphatic heterocycles. The summed E-state index contributed by atoms with van der Waals surface area (Å²) in [7, 11) is -16.7. The van der Waals surface area contributed by atoms with Gasteiger partial charge in [0.1, 0.15) is 11.9 Å². The summed E-state index contributed by atoms with van der Waals surface area (Å²) in [5.41, 5.74) is 2.97. The molecule has 2 heterocycles. The van der Waals surface area contributed by atoms with E-state index in [4.69, 9.17) is 31.6 Å². The second-order valence-corrected chi connectivity index (χ2v) is 10.6. The first-order chi connectivity index (χ1) is 14.1. The van der Waals surface area contributed by atoms with E-state index in [1.54, 1.807) is 0 Å². The molecule has 0 amide bonds. The average Bonchev–Trinajstić information content (AvgIpc) is 2.86. The molecule has 16 nitrogen and oxygen atoms in total. The van der Waals surface area contributed by atoms with Gasteiger partial charge in [-0.15, -0.1) is 12.3 Å². The molecule has 2 unspecified atom stereocenters. The third-order valence-electron chi connectivity index (χ3n) is 3.79. The van der Waals surface area contributed by atoms with Crippen molar-refractivity contribution in [2.24, 2.45) is 0 Å². The van der Waals surface area contributed by atoms with Crippen molar-refractivity contribution in [2.45, 2.75) is 30.8 Å². The maximum atomic E-state index is 12.2. The van der Waals surface area contributed by atoms with Crippen molar-refractivity contribution in [1.82, 2.24) is 9.55 Å². The van der Waals surface area contributed by atoms with E-state index in [-0.39, 0.29) is 18.7 Å². The van der Waals surface area contributed by atoms with Crippen LogP contribution in [0, 0.1) is 12.3 Å². The molecule has 1 aromatic rings. The van der Waals surface area contributed by atoms with Gasteiger partial charge in [-0.05, 0) is 6.07 Å². The number of nitrogens with two attached hydrogens (primary N) is 1. The fraction of sp³-hybridized carbons (Fsp3) is 0.500. The zero-order valence-corrected chi connectivity index (χ0v) is 18.0. The van der Waals surface area contributed by atoms with E-state index in [0.717, 1.165) is 4.57 Å². The van der Waals surface area contributed by atoms with Gasteiger partial charge in [0.2, 0.25) is 0 Å². The van der Waals surface area contributed by atoms with Crippen LogP contribution in [0.2, 0.25) is 0 Å². The number of nitrogen functional groups attached to an aromatic ring is 1. The third-order valence-corrected chi connectivity index (χ3v) is 7.59. The van der Waals surface area contributed by atoms with Gasteiger partial charge in [-0.3, -0.25) is 9.09 Å². The van der Waals surface area contributed by atoms with Gasteiger partial charge in [0.05, 0.1) is 19.1 Å². The Bertz CT molecular complexity index is 1060. The lowest BCUT2D eigenvalue weighted by molar-refractivity contribution is -0.115. The highest BCUT2D eigenvalue weighted by Crippen LogP contribution is 2.66. The van der Waals surface area contributed by atoms with Crippen LogP contribution < -0.4 is 11.4 Å². The van der Waals surface area contributed by atoms with E-state index >= 15 is 0 Å². The molecule has 0 aliphatic carbocycles. The molecule has 1 aliphatic rings. The third kappa shape index (κ3) is 7.03. The summed E-state index contributed by atoms with van der Waals surface area (Å²) in [6, 6.07) is 1.27. The van der Waals surface area contributed by atoms with E-state index in [9.17, 15) is 28.5 Å². The summed E-state index contributed by atoms with van der Waals surface area (Å²) in [5, 5.41) is 10.3. The Balaban J connectivity index is 2.15. The van der Waals surface area contributed by atoms with Crippen LogP contribution in [0.15, 0.2) is 17.1 Å². The smallest absolute Gasteiger partial charge is 0.390 e. The number of anilines is 1. The normalized spacial score (nSPS) is 27.9. The first-order valence-electron chi connectivity index (χ1n) is 8.01. The topological polar surface area (TPSA) is 250 Å². The summed E-state index contributed by atoms with van der Waals surface area (Å²) in [5.74, 6) is 2.19. The zero-order valence-electron chi connectivity index (χ0n) is 15.3. The Labute approximate surface area is 174 Å². The maximum Gasteiger partial charge on any atom is 0.490 e. The number of phosphoric ester groups is 1. The highest BCUT2D eigenvalue weighted by molar-refractivity contribution is 7.66. The van der Waals surface area contributed by atoms with E-state index in [0.29, 0.717) is 0 Å². The van der Waals surface area contributed by atoms with Crippen molar-refractivity contribution in [1.29, 1.82) is 0 Å². The van der Waals surface area contributed by atoms with E-state index in [1.807, 2.05) is 0 Å². The molecule has 1 saturated heterocycles. The Morgan fingerprint density at radius 1 is 1.29 bits per heavy atom. The molecule has 5 atom stereocenters. The number of nitrogens with zero attached hydrogens (tertiary/aromatic N) is 2. The fourth-order valence-corrected chi connectivity index (χ4v) is 5.75. The Morgan fingerprint density at radius 3 is 2.48 bits per heavy atom. The van der Waals surface area contributed by atoms with Gasteiger partial charge in [-0.1, -0.05) is 0 Å². The number of terminal acetylenes is 1. The van der Waals surface area contributed by atoms with Crippen LogP contribution in [0.1, 0.15) is 12.8 Å². The lowest BCUT2D eigenvalue weighted by Crippen LogP contribution is -2.42. The fourth-order valence-electron chi connectivity index (χ4n) is 2.72. The van der Waals surface area contributed by atoms with Crippen molar-refractivity contribution in [3.8, 4) is 12.3 Å². The Morgan fingerprint density at radius 2 is 1.94 bits per heavy atom. The van der Waals surface area contributed by atoms with Gasteiger partial charge >= 0.3 is 29.2 Å². The summed E-state index contributed by atoms with van der Waals surface area (Å²) in [6.07, 6.45) is 3.25. The lowest BCUT2D eigenvalue weighted by Gasteiger charge is -2.29. The van der Waals surface area contributed by atoms with Gasteiger partial charge in [-0.2, -0.15) is 13.6 Å². The lowest BCUT2D eigenvalue weighted by atomic mass is 10.0. The quantitative estimate of drug-likeness (QED) is 0.174. The minimum absolute atomic E-state index is 0.0835. The number of hydrogen-bond acceptors (Lipinski definition) is 11. The summed E-state index contributed by atoms with van der Waals surface area (Å²) >= 11 is 0. The summed E-state index contributed by atoms with van der Waals surface area (Å²) < 4.78 is 52.0. The molecule has 0 radical (unpaired) electrons. The van der Waals surface area contributed by atoms with Crippen molar-refractivity contribution in [3.05, 3.63) is 22.7 Å². The Hall–Kier alpha value is -1.43. The predicted octanol–water partition coefficient (Wildman–Crippen LogP) is -1.01. The molecule has 7 N–H and O–H groups in total. The predicted molar refractivity (Wildman–Crippen MR) is 99.6 cm³/mol. The highest BCUT2D eigenvalue weighted by atomic mass is 31.3. The monoisotopic (exact) mass is 505 g/mol. The van der Waals surface area contributed by atoms with E-state index < -0.39 is 53.7 Å². The zero-order chi connectivity index (χ0) is 23.7. The minimum Gasteiger partial charge on any atom is -0.390 e. The first kappa shape index (κ1) is 25.8. The molecule has 1 aromatic heterocycles. The molecule has 0 saturated carbocycles. The number of phosphoric acid groups is 3. The molecule has 174 valence electrons. The standard InChI is InChI=1S/C12H18N3O13P3/c1-2-4-12(15-5-3-10(13)14-11(15)17)6-8(16)9(26-12)7-25-30(21,22)28-31(23,24)27-29(18,19)20/h1,3,5,8-9,16H,4,6-7H2,(H,21,22)(H,23,24)(H2,13,14,17)(H2,18,19,20)/t8-,9+,12+/m0/s1. The van der Waals surface area contributed by atoms with Crippen LogP contribution in [0.4, 0.5) is 5.82 Å². The number of hydrogen-bond donors (Lipinski definition) is 6. The molecule has 2 rings (SSSR count). The molecular weight excluding hydrogens is 487 g/mol. The van der Waals surface area contributed by atoms with Crippen molar-refractivity contribution in [3.63, 3.8) is 0 Å². The molecule has 0 aromatic carbocycles. The molecule has 1 fully saturated rings. The van der Waals surface area contributed by atoms with E-state index in [2.05, 4.69) is 24.0 Å². The van der Waals surface area contributed by atoms with Gasteiger partial charge in [-0.25, -0.2) is 18.5 Å². The van der Waals surface area contributed by atoms with Crippen molar-refractivity contribution >= 4 is 29.3 Å². The summed E-state index contributed by atoms with van der Waals surface area (Å²) in [6.45, 7) is -0.922. The van der Waals surface area contributed by atoms with Gasteiger partial charge in [0.25, 0.3) is 0 Å². The number of ether oxygens (including phenoxy) is 1. The van der Waals surface area contributed by atoms with E-state index in [1.165, 1.54) is 12.3 Å². The number of aliphatic hydroxyl groups is 1. The maximum absolute atomic E-state index is 12.2. The molecular formula is C12H18N3O13P3. The second kappa shape index (κ2) is 9.21. The second-order valence-electron chi connectivity index (χ2n) is 6.15. The molecule has 19 heteroatoms. The van der Waals surface area contributed by atoms with Crippen LogP contribution in [-0.4, -0.2) is 53.0 Å². The highest BCUT2D eigenvalue weighted by Gasteiger charge is 2.49. The van der Waals surface area contributed by atoms with Crippen LogP contribution in [0.25, 0.3) is 0 Å². The van der Waals surface area contributed by atoms with Gasteiger partial charge in [0.15, 0.2) is 5.72 Å². The number of aromatic nitrogens is 2. The molecule has 0 spiro atoms. The van der Waals surface area contributed by atoms with Gasteiger partial charge in [0, 0.05) is 12.6 Å². The Kier molecular flexibility index (Phi) is 7.67.